The third kappa shape index (κ3) is 5.52. The van der Waals surface area contributed by atoms with E-state index in [0.717, 1.165) is 29.1 Å². The molecule has 0 spiro atoms. The van der Waals surface area contributed by atoms with Crippen molar-refractivity contribution in [2.45, 2.75) is 46.2 Å². The number of carbonyl (C=O) groups excluding carboxylic acids is 1. The Morgan fingerprint density at radius 1 is 1.10 bits per heavy atom. The number of ether oxygens (including phenoxy) is 1. The molecule has 2 aromatic rings. The summed E-state index contributed by atoms with van der Waals surface area (Å²) in [6.45, 7) is 7.16. The summed E-state index contributed by atoms with van der Waals surface area (Å²) < 4.78 is 45.4. The number of benzene rings is 1. The summed E-state index contributed by atoms with van der Waals surface area (Å²) >= 11 is 0. The molecule has 0 unspecified atom stereocenters. The van der Waals surface area contributed by atoms with E-state index in [2.05, 4.69) is 9.97 Å². The van der Waals surface area contributed by atoms with Crippen molar-refractivity contribution in [3.63, 3.8) is 0 Å². The summed E-state index contributed by atoms with van der Waals surface area (Å²) in [6, 6.07) is 2.27. The zero-order valence-corrected chi connectivity index (χ0v) is 18.2. The highest BCUT2D eigenvalue weighted by Gasteiger charge is 2.26. The Hall–Kier alpha value is -2.68. The first-order valence-corrected chi connectivity index (χ1v) is 10.2. The van der Waals surface area contributed by atoms with Crippen LogP contribution in [0.2, 0.25) is 0 Å². The lowest BCUT2D eigenvalue weighted by Gasteiger charge is -2.36. The van der Waals surface area contributed by atoms with Crippen LogP contribution < -0.4 is 4.74 Å². The van der Waals surface area contributed by atoms with E-state index >= 15 is 0 Å². The number of carbonyl (C=O) groups is 1. The minimum absolute atomic E-state index is 0.0384. The molecular weight excluding hydrogens is 409 g/mol. The highest BCUT2D eigenvalue weighted by Crippen LogP contribution is 2.20. The molecule has 3 rings (SSSR count). The Bertz CT molecular complexity index is 916. The molecule has 1 amide bonds. The fraction of sp³-hybridized carbons (Fsp3) is 0.500. The van der Waals surface area contributed by atoms with E-state index in [1.807, 2.05) is 25.7 Å². The normalized spacial score (nSPS) is 15.2. The number of aryl methyl sites for hydroxylation is 2. The van der Waals surface area contributed by atoms with E-state index in [-0.39, 0.29) is 24.6 Å². The number of likely N-dealkylation sites (tertiary alicyclic amines) is 1. The number of hydrogen-bond donors (Lipinski definition) is 0. The third-order valence-electron chi connectivity index (χ3n) is 5.88. The van der Waals surface area contributed by atoms with Gasteiger partial charge in [-0.05, 0) is 56.9 Å². The summed E-state index contributed by atoms with van der Waals surface area (Å²) in [6.07, 6.45) is 1.43. The quantitative estimate of drug-likeness (QED) is 0.651. The van der Waals surface area contributed by atoms with Crippen LogP contribution in [0.1, 0.15) is 35.4 Å². The van der Waals surface area contributed by atoms with Crippen LogP contribution in [0.5, 0.6) is 6.01 Å². The van der Waals surface area contributed by atoms with Crippen molar-refractivity contribution < 1.29 is 22.7 Å². The maximum Gasteiger partial charge on any atom is 0.317 e. The van der Waals surface area contributed by atoms with Gasteiger partial charge >= 0.3 is 6.01 Å². The van der Waals surface area contributed by atoms with E-state index in [1.165, 1.54) is 0 Å². The standard InChI is InChI=1S/C22H27F3N4O2/c1-13-14(2)26-22(27-15(13)3)31-12-20(30)28(4)17-5-7-29(8-6-17)11-16-9-18(23)21(25)19(24)10-16/h9-10,17H,5-8,11-12H2,1-4H3. The average Bonchev–Trinajstić information content (AvgIpc) is 2.74. The maximum atomic E-state index is 13.4. The molecule has 1 aromatic carbocycles. The second-order valence-electron chi connectivity index (χ2n) is 7.98. The van der Waals surface area contributed by atoms with Gasteiger partial charge in [-0.2, -0.15) is 0 Å². The smallest absolute Gasteiger partial charge is 0.317 e. The van der Waals surface area contributed by atoms with Crippen LogP contribution in [-0.4, -0.2) is 58.5 Å². The van der Waals surface area contributed by atoms with Crippen molar-refractivity contribution in [3.05, 3.63) is 52.1 Å². The predicted molar refractivity (Wildman–Crippen MR) is 109 cm³/mol. The molecule has 1 aliphatic heterocycles. The molecule has 6 nitrogen and oxygen atoms in total. The van der Waals surface area contributed by atoms with Crippen LogP contribution in [0, 0.1) is 38.2 Å². The van der Waals surface area contributed by atoms with Crippen molar-refractivity contribution in [2.24, 2.45) is 0 Å². The molecule has 1 aromatic heterocycles. The van der Waals surface area contributed by atoms with Crippen molar-refractivity contribution in [2.75, 3.05) is 26.7 Å². The van der Waals surface area contributed by atoms with Gasteiger partial charge in [0.15, 0.2) is 24.1 Å². The van der Waals surface area contributed by atoms with Crippen LogP contribution in [0.15, 0.2) is 12.1 Å². The molecule has 9 heteroatoms. The summed E-state index contributed by atoms with van der Waals surface area (Å²) in [7, 11) is 1.74. The Labute approximate surface area is 180 Å². The molecule has 168 valence electrons. The zero-order valence-electron chi connectivity index (χ0n) is 18.2. The number of amides is 1. The number of nitrogens with zero attached hydrogens (tertiary/aromatic N) is 4. The van der Waals surface area contributed by atoms with Gasteiger partial charge in [0.05, 0.1) is 0 Å². The number of likely N-dealkylation sites (N-methyl/N-ethyl adjacent to an activating group) is 1. The first-order chi connectivity index (χ1) is 14.7. The van der Waals surface area contributed by atoms with Gasteiger partial charge < -0.3 is 9.64 Å². The van der Waals surface area contributed by atoms with Crippen molar-refractivity contribution in [1.29, 1.82) is 0 Å². The van der Waals surface area contributed by atoms with Gasteiger partial charge in [0, 0.05) is 44.1 Å². The molecule has 0 N–H and O–H groups in total. The number of piperidine rings is 1. The molecule has 0 saturated carbocycles. The zero-order chi connectivity index (χ0) is 22.7. The lowest BCUT2D eigenvalue weighted by molar-refractivity contribution is -0.135. The predicted octanol–water partition coefficient (Wildman–Crippen LogP) is 3.32. The van der Waals surface area contributed by atoms with Gasteiger partial charge in [0.25, 0.3) is 5.91 Å². The van der Waals surface area contributed by atoms with Crippen LogP contribution >= 0.6 is 0 Å². The highest BCUT2D eigenvalue weighted by molar-refractivity contribution is 5.77. The fourth-order valence-electron chi connectivity index (χ4n) is 3.66. The minimum atomic E-state index is -1.45. The van der Waals surface area contributed by atoms with Gasteiger partial charge in [-0.3, -0.25) is 9.69 Å². The molecule has 31 heavy (non-hydrogen) atoms. The number of rotatable bonds is 6. The maximum absolute atomic E-state index is 13.4. The Morgan fingerprint density at radius 2 is 1.65 bits per heavy atom. The monoisotopic (exact) mass is 436 g/mol. The Kier molecular flexibility index (Phi) is 7.15. The second kappa shape index (κ2) is 9.64. The molecule has 0 aliphatic carbocycles. The van der Waals surface area contributed by atoms with Gasteiger partial charge in [-0.1, -0.05) is 0 Å². The minimum Gasteiger partial charge on any atom is -0.453 e. The summed E-state index contributed by atoms with van der Waals surface area (Å²) in [5.41, 5.74) is 3.01. The topological polar surface area (TPSA) is 58.6 Å². The van der Waals surface area contributed by atoms with Crippen molar-refractivity contribution in [1.82, 2.24) is 19.8 Å². The van der Waals surface area contributed by atoms with Gasteiger partial charge in [0.1, 0.15) is 0 Å². The first-order valence-electron chi connectivity index (χ1n) is 10.2. The number of halogens is 3. The van der Waals surface area contributed by atoms with Gasteiger partial charge in [-0.25, -0.2) is 23.1 Å². The van der Waals surface area contributed by atoms with Crippen molar-refractivity contribution in [3.8, 4) is 6.01 Å². The fourth-order valence-corrected chi connectivity index (χ4v) is 3.66. The average molecular weight is 436 g/mol. The van der Waals surface area contributed by atoms with E-state index in [0.29, 0.717) is 38.0 Å². The summed E-state index contributed by atoms with van der Waals surface area (Å²) in [4.78, 5) is 24.8. The summed E-state index contributed by atoms with van der Waals surface area (Å²) in [5, 5.41) is 0. The molecule has 1 saturated heterocycles. The molecule has 1 aliphatic rings. The van der Waals surface area contributed by atoms with Crippen molar-refractivity contribution >= 4 is 5.91 Å². The number of hydrogen-bond acceptors (Lipinski definition) is 5. The molecule has 2 heterocycles. The van der Waals surface area contributed by atoms with E-state index in [4.69, 9.17) is 4.74 Å². The van der Waals surface area contributed by atoms with Gasteiger partial charge in [-0.15, -0.1) is 0 Å². The first kappa shape index (κ1) is 23.0. The van der Waals surface area contributed by atoms with Crippen LogP contribution in [0.4, 0.5) is 13.2 Å². The lowest BCUT2D eigenvalue weighted by atomic mass is 10.0. The SMILES string of the molecule is Cc1nc(OCC(=O)N(C)C2CCN(Cc3cc(F)c(F)c(F)c3)CC2)nc(C)c1C. The van der Waals surface area contributed by atoms with Crippen LogP contribution in [0.25, 0.3) is 0 Å². The second-order valence-corrected chi connectivity index (χ2v) is 7.98. The van der Waals surface area contributed by atoms with Crippen LogP contribution in [0.3, 0.4) is 0 Å². The van der Waals surface area contributed by atoms with E-state index in [9.17, 15) is 18.0 Å². The van der Waals surface area contributed by atoms with Gasteiger partial charge in [0.2, 0.25) is 0 Å². The largest absolute Gasteiger partial charge is 0.453 e. The molecule has 0 bridgehead atoms. The van der Waals surface area contributed by atoms with Crippen LogP contribution in [-0.2, 0) is 11.3 Å². The molecular formula is C22H27F3N4O2. The Balaban J connectivity index is 1.49. The molecule has 0 radical (unpaired) electrons. The molecule has 1 fully saturated rings. The third-order valence-corrected chi connectivity index (χ3v) is 5.88. The Morgan fingerprint density at radius 3 is 2.19 bits per heavy atom. The van der Waals surface area contributed by atoms with E-state index < -0.39 is 17.5 Å². The molecule has 0 atom stereocenters. The number of aromatic nitrogens is 2. The highest BCUT2D eigenvalue weighted by atomic mass is 19.2. The lowest BCUT2D eigenvalue weighted by Crippen LogP contribution is -2.46. The summed E-state index contributed by atoms with van der Waals surface area (Å²) in [5.74, 6) is -3.98. The van der Waals surface area contributed by atoms with E-state index in [1.54, 1.807) is 11.9 Å².